The monoisotopic (exact) mass is 504 g/mol. The summed E-state index contributed by atoms with van der Waals surface area (Å²) in [6.45, 7) is 7.02. The van der Waals surface area contributed by atoms with E-state index in [0.29, 0.717) is 23.0 Å². The average Bonchev–Trinajstić information content (AvgIpc) is 3.55. The number of Topliss-reactive ketones (excluding diaryl/α,β-unsaturated/α-hetero) is 1. The lowest BCUT2D eigenvalue weighted by atomic mass is 10.0. The molecule has 6 rings (SSSR count). The molecule has 0 atom stereocenters. The summed E-state index contributed by atoms with van der Waals surface area (Å²) in [6.07, 6.45) is 7.19. The highest BCUT2D eigenvalue weighted by Crippen LogP contribution is 2.36. The van der Waals surface area contributed by atoms with Crippen molar-refractivity contribution in [2.75, 3.05) is 36.4 Å². The van der Waals surface area contributed by atoms with Crippen LogP contribution in [0.1, 0.15) is 54.6 Å². The fourth-order valence-corrected chi connectivity index (χ4v) is 6.45. The Morgan fingerprint density at radius 1 is 1.17 bits per heavy atom. The fourth-order valence-electron chi connectivity index (χ4n) is 5.47. The molecule has 11 heteroatoms. The summed E-state index contributed by atoms with van der Waals surface area (Å²) in [7, 11) is 0. The van der Waals surface area contributed by atoms with E-state index in [9.17, 15) is 9.59 Å². The summed E-state index contributed by atoms with van der Waals surface area (Å²) in [5.41, 5.74) is 3.19. The number of fused-ring (bicyclic) bond motifs is 2. The van der Waals surface area contributed by atoms with Crippen molar-refractivity contribution in [1.82, 2.24) is 29.8 Å². The molecule has 0 amide bonds. The second-order valence-electron chi connectivity index (χ2n) is 9.48. The lowest BCUT2D eigenvalue weighted by Crippen LogP contribution is -2.43. The van der Waals surface area contributed by atoms with E-state index in [1.165, 1.54) is 6.92 Å². The van der Waals surface area contributed by atoms with Gasteiger partial charge in [0.25, 0.3) is 5.56 Å². The molecule has 2 aliphatic rings. The number of carbonyl (C=O) groups excluding carboxylic acids is 1. The predicted molar refractivity (Wildman–Crippen MR) is 142 cm³/mol. The Morgan fingerprint density at radius 2 is 1.94 bits per heavy atom. The van der Waals surface area contributed by atoms with Crippen LogP contribution in [0.25, 0.3) is 21.3 Å². The Hall–Kier alpha value is -3.44. The second-order valence-corrected chi connectivity index (χ2v) is 10.4. The lowest BCUT2D eigenvalue weighted by molar-refractivity contribution is 0.101. The van der Waals surface area contributed by atoms with Crippen LogP contribution in [0, 0.1) is 6.92 Å². The van der Waals surface area contributed by atoms with Crippen molar-refractivity contribution in [2.24, 2.45) is 0 Å². The first kappa shape index (κ1) is 23.0. The number of piperazine rings is 1. The van der Waals surface area contributed by atoms with Gasteiger partial charge in [0, 0.05) is 49.2 Å². The lowest BCUT2D eigenvalue weighted by Gasteiger charge is -2.28. The topological polar surface area (TPSA) is 118 Å². The number of carbonyl (C=O) groups is 1. The molecule has 1 aliphatic carbocycles. The van der Waals surface area contributed by atoms with Crippen LogP contribution in [-0.4, -0.2) is 56.5 Å². The Bertz CT molecular complexity index is 1530. The van der Waals surface area contributed by atoms with Crippen LogP contribution >= 0.6 is 11.3 Å². The largest absolute Gasteiger partial charge is 0.367 e. The van der Waals surface area contributed by atoms with Gasteiger partial charge in [0.2, 0.25) is 5.95 Å². The van der Waals surface area contributed by atoms with Crippen LogP contribution in [0.2, 0.25) is 0 Å². The first-order valence-corrected chi connectivity index (χ1v) is 13.3. The third-order valence-corrected chi connectivity index (χ3v) is 8.24. The van der Waals surface area contributed by atoms with E-state index in [4.69, 9.17) is 4.98 Å². The number of nitrogens with zero attached hydrogens (tertiary/aromatic N) is 6. The first-order valence-electron chi connectivity index (χ1n) is 12.4. The van der Waals surface area contributed by atoms with Crippen molar-refractivity contribution in [2.45, 2.75) is 45.6 Å². The van der Waals surface area contributed by atoms with Gasteiger partial charge in [0.05, 0.1) is 16.0 Å². The van der Waals surface area contributed by atoms with Gasteiger partial charge in [-0.05, 0) is 32.3 Å². The van der Waals surface area contributed by atoms with E-state index >= 15 is 0 Å². The number of rotatable bonds is 5. The molecule has 1 aliphatic heterocycles. The highest BCUT2D eigenvalue weighted by Gasteiger charge is 2.26. The zero-order chi connectivity index (χ0) is 24.8. The maximum absolute atomic E-state index is 13.5. The summed E-state index contributed by atoms with van der Waals surface area (Å²) in [6, 6.07) is 0.0334. The van der Waals surface area contributed by atoms with Crippen molar-refractivity contribution in [3.63, 3.8) is 0 Å². The summed E-state index contributed by atoms with van der Waals surface area (Å²) in [4.78, 5) is 46.5. The zero-order valence-corrected chi connectivity index (χ0v) is 21.2. The van der Waals surface area contributed by atoms with Gasteiger partial charge in [-0.3, -0.25) is 14.2 Å². The van der Waals surface area contributed by atoms with Gasteiger partial charge in [-0.15, -0.1) is 11.3 Å². The molecule has 186 valence electrons. The highest BCUT2D eigenvalue weighted by atomic mass is 32.1. The van der Waals surface area contributed by atoms with Gasteiger partial charge in [0.1, 0.15) is 17.5 Å². The maximum Gasteiger partial charge on any atom is 0.263 e. The molecular weight excluding hydrogens is 476 g/mol. The quantitative estimate of drug-likeness (QED) is 0.393. The molecule has 0 bridgehead atoms. The van der Waals surface area contributed by atoms with Gasteiger partial charge >= 0.3 is 0 Å². The van der Waals surface area contributed by atoms with Crippen LogP contribution in [-0.2, 0) is 0 Å². The van der Waals surface area contributed by atoms with E-state index in [0.717, 1.165) is 73.2 Å². The SMILES string of the molecule is CC(=O)c1c(C)c2cnc(Nc3ncnc4c(N5CCNCC5)csc34)nc2n(C2CCCC2)c1=O. The van der Waals surface area contributed by atoms with Crippen molar-refractivity contribution < 1.29 is 4.79 Å². The number of hydrogen-bond donors (Lipinski definition) is 2. The molecule has 4 aromatic heterocycles. The average molecular weight is 505 g/mol. The summed E-state index contributed by atoms with van der Waals surface area (Å²) >= 11 is 1.59. The normalized spacial score (nSPS) is 16.8. The standard InChI is InChI=1S/C25H28N8O2S/c1-14-17-11-27-25(31-23(17)33(16-5-3-4-6-16)24(35)19(14)15(2)34)30-22-21-20(28-13-29-22)18(12-36-21)32-9-7-26-8-10-32/h11-13,16,26H,3-10H2,1-2H3,(H,27,28,29,30,31). The van der Waals surface area contributed by atoms with E-state index in [-0.39, 0.29) is 22.9 Å². The Morgan fingerprint density at radius 3 is 2.69 bits per heavy atom. The molecule has 1 saturated heterocycles. The number of nitrogens with one attached hydrogen (secondary N) is 2. The number of anilines is 3. The van der Waals surface area contributed by atoms with Crippen LogP contribution in [0.3, 0.4) is 0 Å². The maximum atomic E-state index is 13.5. The molecule has 0 aromatic carbocycles. The highest BCUT2D eigenvalue weighted by molar-refractivity contribution is 7.18. The van der Waals surface area contributed by atoms with Crippen molar-refractivity contribution >= 4 is 55.8 Å². The molecule has 2 fully saturated rings. The number of thiophene rings is 1. The summed E-state index contributed by atoms with van der Waals surface area (Å²) in [5.74, 6) is 0.771. The number of aryl methyl sites for hydroxylation is 1. The Labute approximate surface area is 211 Å². The van der Waals surface area contributed by atoms with Gasteiger partial charge in [-0.25, -0.2) is 15.0 Å². The molecule has 0 spiro atoms. The Balaban J connectivity index is 1.44. The van der Waals surface area contributed by atoms with Crippen LogP contribution in [0.4, 0.5) is 17.5 Å². The molecule has 4 aromatic rings. The third kappa shape index (κ3) is 3.82. The van der Waals surface area contributed by atoms with Crippen molar-refractivity contribution in [1.29, 1.82) is 0 Å². The fraction of sp³-hybridized carbons (Fsp3) is 0.440. The molecule has 0 radical (unpaired) electrons. The molecule has 2 N–H and O–H groups in total. The molecular formula is C25H28N8O2S. The molecule has 10 nitrogen and oxygen atoms in total. The number of pyridine rings is 1. The first-order chi connectivity index (χ1) is 17.5. The minimum atomic E-state index is -0.257. The van der Waals surface area contributed by atoms with Crippen LogP contribution in [0.5, 0.6) is 0 Å². The van der Waals surface area contributed by atoms with Gasteiger partial charge < -0.3 is 15.5 Å². The van der Waals surface area contributed by atoms with E-state index in [2.05, 4.69) is 35.9 Å². The third-order valence-electron chi connectivity index (χ3n) is 7.27. The molecule has 0 unspecified atom stereocenters. The van der Waals surface area contributed by atoms with Crippen LogP contribution < -0.4 is 21.1 Å². The summed E-state index contributed by atoms with van der Waals surface area (Å²) in [5, 5.41) is 9.51. The smallest absolute Gasteiger partial charge is 0.263 e. The number of hydrogen-bond acceptors (Lipinski definition) is 10. The van der Waals surface area contributed by atoms with E-state index < -0.39 is 0 Å². The van der Waals surface area contributed by atoms with Crippen molar-refractivity contribution in [3.8, 4) is 0 Å². The number of ketones is 1. The number of aromatic nitrogens is 5. The molecule has 1 saturated carbocycles. The van der Waals surface area contributed by atoms with Gasteiger partial charge in [-0.2, -0.15) is 4.98 Å². The Kier molecular flexibility index (Phi) is 5.88. The minimum Gasteiger partial charge on any atom is -0.367 e. The minimum absolute atomic E-state index is 0.0334. The van der Waals surface area contributed by atoms with E-state index in [1.54, 1.807) is 35.4 Å². The van der Waals surface area contributed by atoms with Crippen molar-refractivity contribution in [3.05, 3.63) is 39.4 Å². The summed E-state index contributed by atoms with van der Waals surface area (Å²) < 4.78 is 2.66. The van der Waals surface area contributed by atoms with Gasteiger partial charge in [0.15, 0.2) is 11.6 Å². The van der Waals surface area contributed by atoms with E-state index in [1.807, 2.05) is 0 Å². The zero-order valence-electron chi connectivity index (χ0n) is 20.4. The molecule has 36 heavy (non-hydrogen) atoms. The van der Waals surface area contributed by atoms with Gasteiger partial charge in [-0.1, -0.05) is 12.8 Å². The van der Waals surface area contributed by atoms with Crippen LogP contribution in [0.15, 0.2) is 22.7 Å². The predicted octanol–water partition coefficient (Wildman–Crippen LogP) is 3.58. The second kappa shape index (κ2) is 9.21. The molecule has 5 heterocycles.